The van der Waals surface area contributed by atoms with Gasteiger partial charge in [0.15, 0.2) is 0 Å². The van der Waals surface area contributed by atoms with Crippen molar-refractivity contribution in [3.8, 4) is 0 Å². The average molecular weight is 295 g/mol. The maximum Gasteiger partial charge on any atom is 0.325 e. The summed E-state index contributed by atoms with van der Waals surface area (Å²) in [7, 11) is 2.12. The lowest BCUT2D eigenvalue weighted by molar-refractivity contribution is -0.132. The SMILES string of the molecule is CN1CCN(CCN2C(=O)NC3(CCNCC3)C2=O)CC1. The molecule has 7 nitrogen and oxygen atoms in total. The number of urea groups is 1. The summed E-state index contributed by atoms with van der Waals surface area (Å²) in [6.45, 7) is 6.98. The van der Waals surface area contributed by atoms with Crippen molar-refractivity contribution < 1.29 is 9.59 Å². The number of carbonyl (C=O) groups is 2. The fourth-order valence-electron chi connectivity index (χ4n) is 3.38. The topological polar surface area (TPSA) is 67.9 Å². The van der Waals surface area contributed by atoms with Crippen LogP contribution in [0.5, 0.6) is 0 Å². The molecule has 0 aliphatic carbocycles. The summed E-state index contributed by atoms with van der Waals surface area (Å²) in [5, 5.41) is 6.17. The van der Waals surface area contributed by atoms with E-state index >= 15 is 0 Å². The normalized spacial score (nSPS) is 27.4. The van der Waals surface area contributed by atoms with Crippen LogP contribution in [0.3, 0.4) is 0 Å². The molecular formula is C14H25N5O2. The van der Waals surface area contributed by atoms with Crippen LogP contribution in [-0.4, -0.2) is 91.6 Å². The largest absolute Gasteiger partial charge is 0.325 e. The van der Waals surface area contributed by atoms with Gasteiger partial charge in [-0.1, -0.05) is 0 Å². The molecular weight excluding hydrogens is 270 g/mol. The number of likely N-dealkylation sites (N-methyl/N-ethyl adjacent to an activating group) is 1. The van der Waals surface area contributed by atoms with Crippen LogP contribution in [-0.2, 0) is 4.79 Å². The van der Waals surface area contributed by atoms with Crippen LogP contribution < -0.4 is 10.6 Å². The van der Waals surface area contributed by atoms with Gasteiger partial charge in [0, 0.05) is 39.3 Å². The number of hydrogen-bond acceptors (Lipinski definition) is 5. The molecule has 7 heteroatoms. The molecule has 3 amide bonds. The molecule has 3 saturated heterocycles. The highest BCUT2D eigenvalue weighted by molar-refractivity contribution is 6.07. The first-order valence-corrected chi connectivity index (χ1v) is 7.86. The summed E-state index contributed by atoms with van der Waals surface area (Å²) in [6, 6.07) is -0.212. The van der Waals surface area contributed by atoms with Gasteiger partial charge in [0.05, 0.1) is 0 Å². The Bertz CT molecular complexity index is 414. The molecule has 0 atom stereocenters. The summed E-state index contributed by atoms with van der Waals surface area (Å²) in [6.07, 6.45) is 1.39. The summed E-state index contributed by atoms with van der Waals surface area (Å²) < 4.78 is 0. The second-order valence-corrected chi connectivity index (χ2v) is 6.36. The van der Waals surface area contributed by atoms with E-state index in [2.05, 4.69) is 27.5 Å². The molecule has 2 N–H and O–H groups in total. The summed E-state index contributed by atoms with van der Waals surface area (Å²) in [5.74, 6) is -0.0249. The zero-order chi connectivity index (χ0) is 14.9. The minimum atomic E-state index is -0.634. The van der Waals surface area contributed by atoms with Crippen molar-refractivity contribution in [3.63, 3.8) is 0 Å². The highest BCUT2D eigenvalue weighted by Gasteiger charge is 2.51. The van der Waals surface area contributed by atoms with E-state index in [0.717, 1.165) is 45.8 Å². The highest BCUT2D eigenvalue weighted by Crippen LogP contribution is 2.26. The van der Waals surface area contributed by atoms with E-state index in [1.165, 1.54) is 4.90 Å². The number of amides is 3. The van der Waals surface area contributed by atoms with Crippen LogP contribution in [0.4, 0.5) is 4.79 Å². The zero-order valence-electron chi connectivity index (χ0n) is 12.7. The molecule has 3 rings (SSSR count). The third-order valence-electron chi connectivity index (χ3n) is 4.94. The predicted octanol–water partition coefficient (Wildman–Crippen LogP) is -1.09. The summed E-state index contributed by atoms with van der Waals surface area (Å²) >= 11 is 0. The Labute approximate surface area is 125 Å². The molecule has 0 aromatic rings. The van der Waals surface area contributed by atoms with Crippen molar-refractivity contribution >= 4 is 11.9 Å². The molecule has 0 unspecified atom stereocenters. The first-order valence-electron chi connectivity index (χ1n) is 7.86. The number of rotatable bonds is 3. The lowest BCUT2D eigenvalue weighted by Crippen LogP contribution is -2.54. The number of piperazine rings is 1. The maximum atomic E-state index is 12.6. The van der Waals surface area contributed by atoms with Gasteiger partial charge < -0.3 is 15.5 Å². The van der Waals surface area contributed by atoms with Gasteiger partial charge in [-0.3, -0.25) is 14.6 Å². The van der Waals surface area contributed by atoms with Gasteiger partial charge in [0.1, 0.15) is 5.54 Å². The maximum absolute atomic E-state index is 12.6. The van der Waals surface area contributed by atoms with Crippen LogP contribution in [0, 0.1) is 0 Å². The zero-order valence-corrected chi connectivity index (χ0v) is 12.7. The van der Waals surface area contributed by atoms with Gasteiger partial charge in [0.25, 0.3) is 5.91 Å². The Balaban J connectivity index is 1.56. The predicted molar refractivity (Wildman–Crippen MR) is 79.0 cm³/mol. The minimum absolute atomic E-state index is 0.0249. The number of nitrogens with zero attached hydrogens (tertiary/aromatic N) is 3. The average Bonchev–Trinajstić information content (AvgIpc) is 2.71. The third-order valence-corrected chi connectivity index (χ3v) is 4.94. The van der Waals surface area contributed by atoms with Gasteiger partial charge >= 0.3 is 6.03 Å². The minimum Gasteiger partial charge on any atom is -0.323 e. The second-order valence-electron chi connectivity index (χ2n) is 6.36. The van der Waals surface area contributed by atoms with E-state index in [9.17, 15) is 9.59 Å². The van der Waals surface area contributed by atoms with Gasteiger partial charge in [-0.2, -0.15) is 0 Å². The van der Waals surface area contributed by atoms with Crippen LogP contribution in [0.1, 0.15) is 12.8 Å². The molecule has 21 heavy (non-hydrogen) atoms. The Kier molecular flexibility index (Phi) is 4.14. The monoisotopic (exact) mass is 295 g/mol. The Morgan fingerprint density at radius 2 is 1.71 bits per heavy atom. The number of nitrogens with one attached hydrogen (secondary N) is 2. The number of carbonyl (C=O) groups excluding carboxylic acids is 2. The smallest absolute Gasteiger partial charge is 0.323 e. The van der Waals surface area contributed by atoms with Crippen molar-refractivity contribution in [2.24, 2.45) is 0 Å². The van der Waals surface area contributed by atoms with Crippen molar-refractivity contribution in [2.75, 3.05) is 59.4 Å². The Hall–Kier alpha value is -1.18. The first-order chi connectivity index (χ1) is 10.1. The Morgan fingerprint density at radius 1 is 1.05 bits per heavy atom. The summed E-state index contributed by atoms with van der Waals surface area (Å²) in [4.78, 5) is 30.8. The molecule has 0 saturated carbocycles. The number of hydrogen-bond donors (Lipinski definition) is 2. The molecule has 118 valence electrons. The lowest BCUT2D eigenvalue weighted by atomic mass is 9.88. The molecule has 0 bridgehead atoms. The number of piperidine rings is 1. The van der Waals surface area contributed by atoms with Gasteiger partial charge in [-0.15, -0.1) is 0 Å². The quantitative estimate of drug-likeness (QED) is 0.648. The fourth-order valence-corrected chi connectivity index (χ4v) is 3.38. The molecule has 1 spiro atoms. The van der Waals surface area contributed by atoms with Crippen LogP contribution in [0.15, 0.2) is 0 Å². The van der Waals surface area contributed by atoms with Crippen molar-refractivity contribution in [1.29, 1.82) is 0 Å². The van der Waals surface area contributed by atoms with E-state index in [1.807, 2.05) is 0 Å². The summed E-state index contributed by atoms with van der Waals surface area (Å²) in [5.41, 5.74) is -0.634. The second kappa shape index (κ2) is 5.90. The van der Waals surface area contributed by atoms with Crippen molar-refractivity contribution in [1.82, 2.24) is 25.3 Å². The van der Waals surface area contributed by atoms with E-state index in [4.69, 9.17) is 0 Å². The Morgan fingerprint density at radius 3 is 2.38 bits per heavy atom. The van der Waals surface area contributed by atoms with E-state index < -0.39 is 5.54 Å². The van der Waals surface area contributed by atoms with Crippen LogP contribution >= 0.6 is 0 Å². The van der Waals surface area contributed by atoms with E-state index in [-0.39, 0.29) is 11.9 Å². The highest BCUT2D eigenvalue weighted by atomic mass is 16.2. The van der Waals surface area contributed by atoms with E-state index in [0.29, 0.717) is 19.4 Å². The third kappa shape index (κ3) is 2.90. The first kappa shape index (κ1) is 14.7. The van der Waals surface area contributed by atoms with Gasteiger partial charge in [0.2, 0.25) is 0 Å². The molecule has 3 aliphatic rings. The molecule has 3 aliphatic heterocycles. The van der Waals surface area contributed by atoms with Crippen LogP contribution in [0.2, 0.25) is 0 Å². The fraction of sp³-hybridized carbons (Fsp3) is 0.857. The van der Waals surface area contributed by atoms with Gasteiger partial charge in [-0.05, 0) is 33.0 Å². The molecule has 0 radical (unpaired) electrons. The molecule has 0 aromatic heterocycles. The van der Waals surface area contributed by atoms with Crippen molar-refractivity contribution in [2.45, 2.75) is 18.4 Å². The number of imide groups is 1. The standard InChI is InChI=1S/C14H25N5O2/c1-17-6-8-18(9-7-17)10-11-19-12(20)14(16-13(19)21)2-4-15-5-3-14/h15H,2-11H2,1H3,(H,16,21). The van der Waals surface area contributed by atoms with Crippen molar-refractivity contribution in [3.05, 3.63) is 0 Å². The molecule has 3 heterocycles. The molecule has 3 fully saturated rings. The lowest BCUT2D eigenvalue weighted by Gasteiger charge is -2.33. The van der Waals surface area contributed by atoms with Crippen LogP contribution in [0.25, 0.3) is 0 Å². The van der Waals surface area contributed by atoms with E-state index in [1.54, 1.807) is 0 Å². The molecule has 0 aromatic carbocycles. The van der Waals surface area contributed by atoms with Gasteiger partial charge in [-0.25, -0.2) is 4.79 Å².